The number of hydrogen-bond donors (Lipinski definition) is 3. The summed E-state index contributed by atoms with van der Waals surface area (Å²) in [5.74, 6) is -0.547. The quantitative estimate of drug-likeness (QED) is 0.0325. The Balaban J connectivity index is 4.71. The Bertz CT molecular complexity index is 1030. The Kier molecular flexibility index (Phi) is 42.7. The second kappa shape index (κ2) is 44.7. The van der Waals surface area contributed by atoms with Crippen LogP contribution in [0.4, 0.5) is 0 Å². The summed E-state index contributed by atoms with van der Waals surface area (Å²) in [7, 11) is 0. The van der Waals surface area contributed by atoms with E-state index < -0.39 is 18.2 Å². The van der Waals surface area contributed by atoms with Gasteiger partial charge in [-0.2, -0.15) is 0 Å². The molecule has 0 saturated carbocycles. The summed E-state index contributed by atoms with van der Waals surface area (Å²) >= 11 is 0. The van der Waals surface area contributed by atoms with E-state index in [4.69, 9.17) is 4.74 Å². The van der Waals surface area contributed by atoms with Gasteiger partial charge in [0.1, 0.15) is 6.10 Å². The molecule has 0 bridgehead atoms. The van der Waals surface area contributed by atoms with E-state index in [2.05, 4.69) is 86.8 Å². The number of allylic oxidation sites excluding steroid dienone is 10. The monoisotopic (exact) mass is 798 g/mol. The SMILES string of the molecule is CC/C=C/C=C/C=C\CCCCCCCC(=O)OC(CCC/C=C/C=C/CCCCCCCCC)CC(=O)NC(CO)C(O)CCCCCCCCCCCCC. The molecule has 6 heteroatoms. The summed E-state index contributed by atoms with van der Waals surface area (Å²) in [6.07, 6.45) is 54.2. The largest absolute Gasteiger partial charge is 0.462 e. The van der Waals surface area contributed by atoms with E-state index in [1.807, 2.05) is 0 Å². The minimum Gasteiger partial charge on any atom is -0.462 e. The first-order valence-electron chi connectivity index (χ1n) is 24.1. The van der Waals surface area contributed by atoms with E-state index in [0.717, 1.165) is 83.5 Å². The van der Waals surface area contributed by atoms with E-state index in [1.54, 1.807) is 0 Å². The minimum absolute atomic E-state index is 0.0348. The van der Waals surface area contributed by atoms with Gasteiger partial charge in [0.05, 0.1) is 25.2 Å². The van der Waals surface area contributed by atoms with Gasteiger partial charge in [-0.25, -0.2) is 0 Å². The van der Waals surface area contributed by atoms with Crippen LogP contribution in [0.1, 0.15) is 226 Å². The van der Waals surface area contributed by atoms with Crippen LogP contribution in [0, 0.1) is 0 Å². The van der Waals surface area contributed by atoms with Gasteiger partial charge in [0.25, 0.3) is 0 Å². The van der Waals surface area contributed by atoms with Crippen LogP contribution in [-0.2, 0) is 14.3 Å². The lowest BCUT2D eigenvalue weighted by Gasteiger charge is -2.24. The first kappa shape index (κ1) is 54.6. The van der Waals surface area contributed by atoms with Crippen LogP contribution in [0.25, 0.3) is 0 Å². The minimum atomic E-state index is -0.802. The number of amides is 1. The van der Waals surface area contributed by atoms with Crippen LogP contribution in [0.5, 0.6) is 0 Å². The van der Waals surface area contributed by atoms with Crippen LogP contribution >= 0.6 is 0 Å². The van der Waals surface area contributed by atoms with Crippen LogP contribution in [0.15, 0.2) is 60.8 Å². The van der Waals surface area contributed by atoms with Gasteiger partial charge >= 0.3 is 5.97 Å². The van der Waals surface area contributed by atoms with Gasteiger partial charge in [0, 0.05) is 6.42 Å². The zero-order chi connectivity index (χ0) is 41.7. The summed E-state index contributed by atoms with van der Waals surface area (Å²) in [6, 6.07) is -0.720. The third-order valence-electron chi connectivity index (χ3n) is 10.7. The van der Waals surface area contributed by atoms with Crippen LogP contribution in [0.3, 0.4) is 0 Å². The maximum absolute atomic E-state index is 13.1. The Labute approximate surface area is 352 Å². The Morgan fingerprint density at radius 2 is 0.965 bits per heavy atom. The van der Waals surface area contributed by atoms with Crippen LogP contribution in [0.2, 0.25) is 0 Å². The topological polar surface area (TPSA) is 95.9 Å². The van der Waals surface area contributed by atoms with Crippen molar-refractivity contribution in [3.8, 4) is 0 Å². The molecule has 57 heavy (non-hydrogen) atoms. The predicted octanol–water partition coefficient (Wildman–Crippen LogP) is 14.1. The highest BCUT2D eigenvalue weighted by molar-refractivity contribution is 5.77. The van der Waals surface area contributed by atoms with Gasteiger partial charge in [0.2, 0.25) is 5.91 Å². The van der Waals surface area contributed by atoms with Gasteiger partial charge in [-0.05, 0) is 64.2 Å². The predicted molar refractivity (Wildman–Crippen MR) is 245 cm³/mol. The summed E-state index contributed by atoms with van der Waals surface area (Å²) in [6.45, 7) is 6.31. The van der Waals surface area contributed by atoms with Crippen molar-refractivity contribution in [2.75, 3.05) is 6.61 Å². The molecule has 0 rings (SSSR count). The molecule has 1 amide bonds. The molecule has 0 aliphatic rings. The lowest BCUT2D eigenvalue weighted by Crippen LogP contribution is -2.46. The molecule has 330 valence electrons. The molecule has 0 heterocycles. The normalized spacial score (nSPS) is 13.8. The van der Waals surface area contributed by atoms with Crippen molar-refractivity contribution in [3.05, 3.63) is 60.8 Å². The van der Waals surface area contributed by atoms with Gasteiger partial charge in [0.15, 0.2) is 0 Å². The first-order valence-corrected chi connectivity index (χ1v) is 24.1. The summed E-state index contributed by atoms with van der Waals surface area (Å²) in [5, 5.41) is 23.6. The third kappa shape index (κ3) is 40.1. The number of rotatable bonds is 42. The molecule has 0 saturated heterocycles. The molecule has 0 spiro atoms. The zero-order valence-corrected chi connectivity index (χ0v) is 37.5. The van der Waals surface area contributed by atoms with E-state index in [-0.39, 0.29) is 24.9 Å². The van der Waals surface area contributed by atoms with Crippen molar-refractivity contribution in [2.45, 2.75) is 244 Å². The number of carbonyl (C=O) groups is 2. The summed E-state index contributed by atoms with van der Waals surface area (Å²) in [5.41, 5.74) is 0. The number of ether oxygens (including phenoxy) is 1. The number of aliphatic hydroxyl groups excluding tert-OH is 2. The van der Waals surface area contributed by atoms with Gasteiger partial charge in [-0.1, -0.05) is 210 Å². The molecule has 3 atom stereocenters. The summed E-state index contributed by atoms with van der Waals surface area (Å²) in [4.78, 5) is 26.0. The van der Waals surface area contributed by atoms with E-state index in [9.17, 15) is 19.8 Å². The highest BCUT2D eigenvalue weighted by atomic mass is 16.5. The average molecular weight is 798 g/mol. The first-order chi connectivity index (χ1) is 28.0. The number of hydrogen-bond acceptors (Lipinski definition) is 5. The molecule has 0 aromatic rings. The molecule has 6 nitrogen and oxygen atoms in total. The number of nitrogens with one attached hydrogen (secondary N) is 1. The lowest BCUT2D eigenvalue weighted by molar-refractivity contribution is -0.151. The third-order valence-corrected chi connectivity index (χ3v) is 10.7. The molecule has 0 radical (unpaired) electrons. The Morgan fingerprint density at radius 3 is 1.47 bits per heavy atom. The number of aliphatic hydroxyl groups is 2. The van der Waals surface area contributed by atoms with E-state index >= 15 is 0 Å². The molecule has 3 unspecified atom stereocenters. The van der Waals surface area contributed by atoms with Crippen molar-refractivity contribution in [2.24, 2.45) is 0 Å². The molecular weight excluding hydrogens is 707 g/mol. The number of esters is 1. The molecular formula is C51H91NO5. The standard InChI is InChI=1S/C51H91NO5/c1-4-7-10-13-16-19-22-24-26-28-30-33-36-39-42-47(57-51(56)44-41-38-35-32-29-25-23-20-17-14-11-8-5-2)45-50(55)52-48(46-53)49(54)43-40-37-34-31-27-21-18-15-12-9-6-3/h8,11,14,17,20,23,26,28,30,33,47-49,53-54H,4-7,9-10,12-13,15-16,18-19,21-22,24-25,27,29,31-32,34-46H2,1-3H3,(H,52,55)/b11-8+,17-14+,23-20-,28-26+,33-30+. The zero-order valence-electron chi connectivity index (χ0n) is 37.5. The second-order valence-electron chi connectivity index (χ2n) is 16.2. The molecule has 0 fully saturated rings. The van der Waals surface area contributed by atoms with Gasteiger partial charge in [-0.3, -0.25) is 9.59 Å². The lowest BCUT2D eigenvalue weighted by atomic mass is 10.0. The molecule has 3 N–H and O–H groups in total. The number of unbranched alkanes of at least 4 members (excludes halogenated alkanes) is 23. The molecule has 0 aliphatic carbocycles. The number of carbonyl (C=O) groups excluding carboxylic acids is 2. The van der Waals surface area contributed by atoms with Crippen LogP contribution in [-0.4, -0.2) is 46.9 Å². The molecule has 0 aliphatic heterocycles. The average Bonchev–Trinajstić information content (AvgIpc) is 3.20. The molecule has 0 aromatic heterocycles. The fourth-order valence-electron chi connectivity index (χ4n) is 7.01. The highest BCUT2D eigenvalue weighted by Crippen LogP contribution is 2.16. The van der Waals surface area contributed by atoms with E-state index in [1.165, 1.54) is 96.3 Å². The highest BCUT2D eigenvalue weighted by Gasteiger charge is 2.24. The van der Waals surface area contributed by atoms with Crippen molar-refractivity contribution in [1.82, 2.24) is 5.32 Å². The maximum Gasteiger partial charge on any atom is 0.306 e. The second-order valence-corrected chi connectivity index (χ2v) is 16.2. The van der Waals surface area contributed by atoms with Crippen molar-refractivity contribution in [1.29, 1.82) is 0 Å². The summed E-state index contributed by atoms with van der Waals surface area (Å²) < 4.78 is 5.88. The van der Waals surface area contributed by atoms with Crippen molar-refractivity contribution in [3.63, 3.8) is 0 Å². The van der Waals surface area contributed by atoms with Gasteiger partial charge in [-0.15, -0.1) is 0 Å². The van der Waals surface area contributed by atoms with E-state index in [0.29, 0.717) is 19.3 Å². The Morgan fingerprint density at radius 1 is 0.526 bits per heavy atom. The van der Waals surface area contributed by atoms with Crippen molar-refractivity contribution < 1.29 is 24.5 Å². The molecule has 0 aromatic carbocycles. The smallest absolute Gasteiger partial charge is 0.306 e. The maximum atomic E-state index is 13.1. The van der Waals surface area contributed by atoms with Crippen LogP contribution < -0.4 is 5.32 Å². The van der Waals surface area contributed by atoms with Gasteiger partial charge < -0.3 is 20.3 Å². The Hall–Kier alpha value is -2.44. The fraction of sp³-hybridized carbons (Fsp3) is 0.765. The van der Waals surface area contributed by atoms with Crippen molar-refractivity contribution >= 4 is 11.9 Å². The fourth-order valence-corrected chi connectivity index (χ4v) is 7.01.